The molecule has 0 aliphatic carbocycles. The van der Waals surface area contributed by atoms with Crippen LogP contribution in [0.3, 0.4) is 0 Å². The van der Waals surface area contributed by atoms with Gasteiger partial charge in [-0.15, -0.1) is 0 Å². The van der Waals surface area contributed by atoms with Crippen LogP contribution in [-0.4, -0.2) is 25.5 Å². The van der Waals surface area contributed by atoms with E-state index in [4.69, 9.17) is 19.2 Å². The van der Waals surface area contributed by atoms with Crippen molar-refractivity contribution in [1.82, 2.24) is 0 Å². The first-order valence-corrected chi connectivity index (χ1v) is 11.4. The van der Waals surface area contributed by atoms with Gasteiger partial charge in [0.2, 0.25) is 0 Å². The van der Waals surface area contributed by atoms with Gasteiger partial charge >= 0.3 is 12.3 Å². The van der Waals surface area contributed by atoms with Crippen molar-refractivity contribution in [3.63, 3.8) is 0 Å². The van der Waals surface area contributed by atoms with Crippen LogP contribution >= 0.6 is 0 Å². The van der Waals surface area contributed by atoms with Crippen molar-refractivity contribution in [2.45, 2.75) is 64.6 Å². The van der Waals surface area contributed by atoms with Crippen LogP contribution in [-0.2, 0) is 40.2 Å². The van der Waals surface area contributed by atoms with E-state index in [9.17, 15) is 9.59 Å². The van der Waals surface area contributed by atoms with Crippen molar-refractivity contribution in [2.24, 2.45) is 0 Å². The van der Waals surface area contributed by atoms with Crippen LogP contribution < -0.4 is 0 Å². The summed E-state index contributed by atoms with van der Waals surface area (Å²) in [7, 11) is 0. The largest absolute Gasteiger partial charge is 0.541 e. The van der Waals surface area contributed by atoms with Crippen molar-refractivity contribution >= 4 is 12.3 Å². The lowest BCUT2D eigenvalue weighted by atomic mass is 9.98. The highest BCUT2D eigenvalue weighted by molar-refractivity contribution is 5.60. The van der Waals surface area contributed by atoms with E-state index in [0.717, 1.165) is 24.0 Å². The minimum atomic E-state index is -0.887. The molecule has 0 heterocycles. The standard InChI is InChI=1S/C26H34O8/c1-25(2,21-15-9-7-10-16-21)31-23(27)33-29-19-13-5-6-14-20-30-34-24(28)32-26(3,4)22-17-11-8-12-18-22/h7-12,15-18H,5-6,13-14,19-20H2,1-4H3. The van der Waals surface area contributed by atoms with E-state index in [-0.39, 0.29) is 13.2 Å². The van der Waals surface area contributed by atoms with E-state index in [1.807, 2.05) is 60.7 Å². The van der Waals surface area contributed by atoms with Crippen molar-refractivity contribution in [3.05, 3.63) is 71.8 Å². The predicted octanol–water partition coefficient (Wildman–Crippen LogP) is 6.59. The van der Waals surface area contributed by atoms with Gasteiger partial charge in [-0.1, -0.05) is 73.5 Å². The average molecular weight is 475 g/mol. The van der Waals surface area contributed by atoms with E-state index < -0.39 is 23.5 Å². The van der Waals surface area contributed by atoms with Gasteiger partial charge in [-0.05, 0) is 51.7 Å². The maximum atomic E-state index is 11.8. The second kappa shape index (κ2) is 13.6. The molecule has 8 nitrogen and oxygen atoms in total. The quantitative estimate of drug-likeness (QED) is 0.139. The van der Waals surface area contributed by atoms with E-state index in [1.165, 1.54) is 0 Å². The molecule has 0 fully saturated rings. The summed E-state index contributed by atoms with van der Waals surface area (Å²) in [6, 6.07) is 18.8. The number of unbranched alkanes of at least 4 members (excludes halogenated alkanes) is 3. The number of rotatable bonds is 13. The van der Waals surface area contributed by atoms with Gasteiger partial charge in [0.1, 0.15) is 11.2 Å². The maximum Gasteiger partial charge on any atom is 0.541 e. The number of hydrogen-bond acceptors (Lipinski definition) is 8. The highest BCUT2D eigenvalue weighted by Gasteiger charge is 2.27. The topological polar surface area (TPSA) is 89.5 Å². The third-order valence-electron chi connectivity index (χ3n) is 5.07. The Kier molecular flexibility index (Phi) is 10.8. The van der Waals surface area contributed by atoms with Gasteiger partial charge in [-0.25, -0.2) is 9.59 Å². The van der Waals surface area contributed by atoms with Gasteiger partial charge in [-0.2, -0.15) is 9.78 Å². The summed E-state index contributed by atoms with van der Waals surface area (Å²) in [6.07, 6.45) is 1.24. The van der Waals surface area contributed by atoms with Gasteiger partial charge in [0.05, 0.1) is 13.2 Å². The van der Waals surface area contributed by atoms with E-state index in [2.05, 4.69) is 9.78 Å². The molecule has 2 aromatic carbocycles. The molecule has 0 N–H and O–H groups in total. The van der Waals surface area contributed by atoms with Crippen LogP contribution in [0.4, 0.5) is 9.59 Å². The molecule has 34 heavy (non-hydrogen) atoms. The molecule has 0 aliphatic heterocycles. The van der Waals surface area contributed by atoms with Crippen LogP contribution in [0.1, 0.15) is 64.5 Å². The van der Waals surface area contributed by atoms with Crippen molar-refractivity contribution in [1.29, 1.82) is 0 Å². The molecule has 0 atom stereocenters. The van der Waals surface area contributed by atoms with Gasteiger partial charge in [-0.3, -0.25) is 9.78 Å². The van der Waals surface area contributed by atoms with Crippen LogP contribution in [0.15, 0.2) is 60.7 Å². The molecule has 8 heteroatoms. The summed E-state index contributed by atoms with van der Waals surface area (Å²) in [5.41, 5.74) is 0.0544. The Hall–Kier alpha value is -3.10. The number of carbonyl (C=O) groups excluding carboxylic acids is 2. The third-order valence-corrected chi connectivity index (χ3v) is 5.07. The van der Waals surface area contributed by atoms with E-state index >= 15 is 0 Å². The third kappa shape index (κ3) is 9.80. The Morgan fingerprint density at radius 3 is 1.29 bits per heavy atom. The van der Waals surface area contributed by atoms with Gasteiger partial charge < -0.3 is 9.47 Å². The number of carbonyl (C=O) groups is 2. The lowest BCUT2D eigenvalue weighted by Gasteiger charge is -2.24. The fourth-order valence-electron chi connectivity index (χ4n) is 3.10. The Morgan fingerprint density at radius 1 is 0.588 bits per heavy atom. The first-order chi connectivity index (χ1) is 16.2. The Morgan fingerprint density at radius 2 is 0.941 bits per heavy atom. The summed E-state index contributed by atoms with van der Waals surface area (Å²) in [5.74, 6) is 0. The Balaban J connectivity index is 1.47. The molecule has 0 radical (unpaired) electrons. The molecular weight excluding hydrogens is 440 g/mol. The lowest BCUT2D eigenvalue weighted by molar-refractivity contribution is -0.264. The molecule has 0 unspecified atom stereocenters. The summed E-state index contributed by atoms with van der Waals surface area (Å²) in [4.78, 5) is 42.9. The minimum absolute atomic E-state index is 0.249. The highest BCUT2D eigenvalue weighted by atomic mass is 17.2. The normalized spacial score (nSPS) is 11.5. The molecule has 2 rings (SSSR count). The van der Waals surface area contributed by atoms with Crippen LogP contribution in [0, 0.1) is 0 Å². The SMILES string of the molecule is CC(C)(OC(=O)OOCCCCCCOOC(=O)OC(C)(C)c1ccccc1)c1ccccc1. The van der Waals surface area contributed by atoms with Crippen LogP contribution in [0.5, 0.6) is 0 Å². The van der Waals surface area contributed by atoms with Crippen molar-refractivity contribution in [2.75, 3.05) is 13.2 Å². The number of benzene rings is 2. The first-order valence-electron chi connectivity index (χ1n) is 11.4. The summed E-state index contributed by atoms with van der Waals surface area (Å²) >= 11 is 0. The molecule has 2 aromatic rings. The zero-order valence-electron chi connectivity index (χ0n) is 20.3. The summed E-state index contributed by atoms with van der Waals surface area (Å²) in [5, 5.41) is 0. The monoisotopic (exact) mass is 474 g/mol. The second-order valence-electron chi connectivity index (χ2n) is 8.68. The predicted molar refractivity (Wildman–Crippen MR) is 124 cm³/mol. The fraction of sp³-hybridized carbons (Fsp3) is 0.462. The molecule has 0 bridgehead atoms. The van der Waals surface area contributed by atoms with Gasteiger partial charge in [0.25, 0.3) is 0 Å². The van der Waals surface area contributed by atoms with Crippen LogP contribution in [0.2, 0.25) is 0 Å². The minimum Gasteiger partial charge on any atom is -0.421 e. The lowest BCUT2D eigenvalue weighted by Crippen LogP contribution is -2.26. The van der Waals surface area contributed by atoms with Gasteiger partial charge in [0.15, 0.2) is 0 Å². The second-order valence-corrected chi connectivity index (χ2v) is 8.68. The van der Waals surface area contributed by atoms with E-state index in [0.29, 0.717) is 12.8 Å². The summed E-state index contributed by atoms with van der Waals surface area (Å²) < 4.78 is 10.6. The summed E-state index contributed by atoms with van der Waals surface area (Å²) in [6.45, 7) is 7.61. The maximum absolute atomic E-state index is 11.8. The molecular formula is C26H34O8. The van der Waals surface area contributed by atoms with Crippen LogP contribution in [0.25, 0.3) is 0 Å². The van der Waals surface area contributed by atoms with Crippen molar-refractivity contribution in [3.8, 4) is 0 Å². The first kappa shape index (κ1) is 27.1. The average Bonchev–Trinajstić information content (AvgIpc) is 2.81. The Labute approximate surface area is 200 Å². The molecule has 186 valence electrons. The zero-order chi connectivity index (χ0) is 24.9. The number of hydrogen-bond donors (Lipinski definition) is 0. The van der Waals surface area contributed by atoms with E-state index in [1.54, 1.807) is 27.7 Å². The zero-order valence-corrected chi connectivity index (χ0v) is 20.3. The molecule has 0 amide bonds. The van der Waals surface area contributed by atoms with Gasteiger partial charge in [0, 0.05) is 0 Å². The Bertz CT molecular complexity index is 791. The highest BCUT2D eigenvalue weighted by Crippen LogP contribution is 2.25. The molecule has 0 aromatic heterocycles. The smallest absolute Gasteiger partial charge is 0.421 e. The molecule has 0 aliphatic rings. The fourth-order valence-corrected chi connectivity index (χ4v) is 3.10. The van der Waals surface area contributed by atoms with Crippen molar-refractivity contribution < 1.29 is 38.6 Å². The molecule has 0 saturated carbocycles. The number of ether oxygens (including phenoxy) is 2. The molecule has 0 saturated heterocycles. The molecule has 0 spiro atoms.